The third-order valence-electron chi connectivity index (χ3n) is 20.7. The summed E-state index contributed by atoms with van der Waals surface area (Å²) in [5, 5.41) is 15.2. The first kappa shape index (κ1) is 84.2. The number of carbonyl (C=O) groups is 4. The molecule has 6 N–H and O–H groups in total. The van der Waals surface area contributed by atoms with E-state index in [1.807, 2.05) is 0 Å². The van der Waals surface area contributed by atoms with E-state index in [0.29, 0.717) is 62.2 Å². The zero-order chi connectivity index (χ0) is 68.8. The molecule has 3 rings (SSSR count). The van der Waals surface area contributed by atoms with Gasteiger partial charge < -0.3 is 40.5 Å². The van der Waals surface area contributed by atoms with E-state index in [0.717, 1.165) is 51.4 Å². The Morgan fingerprint density at radius 2 is 0.787 bits per heavy atom. The molecule has 15 heteroatoms. The van der Waals surface area contributed by atoms with Crippen LogP contribution in [0.1, 0.15) is 376 Å². The number of hydrogen-bond acceptors (Lipinski definition) is 9. The summed E-state index contributed by atoms with van der Waals surface area (Å²) in [7, 11) is 0. The van der Waals surface area contributed by atoms with Crippen molar-refractivity contribution in [2.75, 3.05) is 38.2 Å². The molecule has 1 heterocycles. The Morgan fingerprint density at radius 3 is 1.13 bits per heavy atom. The first-order chi connectivity index (χ1) is 45.1. The van der Waals surface area contributed by atoms with Crippen molar-refractivity contribution in [3.8, 4) is 0 Å². The number of hydrogen-bond donors (Lipinski definition) is 6. The second-order valence-corrected chi connectivity index (χ2v) is 32.2. The van der Waals surface area contributed by atoms with Crippen molar-refractivity contribution in [1.82, 2.24) is 31.2 Å². The average Bonchev–Trinajstić information content (AvgIpc) is 0.815. The fourth-order valence-electron chi connectivity index (χ4n) is 16.1. The van der Waals surface area contributed by atoms with Gasteiger partial charge in [-0.2, -0.15) is 4.98 Å². The molecule has 2 aliphatic carbocycles. The van der Waals surface area contributed by atoms with Gasteiger partial charge in [0, 0.05) is 42.9 Å². The fourth-order valence-corrected chi connectivity index (χ4v) is 16.1. The Hall–Kier alpha value is -4.04. The normalized spacial score (nSPS) is 19.8. The van der Waals surface area contributed by atoms with E-state index in [4.69, 9.17) is 14.2 Å². The van der Waals surface area contributed by atoms with Crippen LogP contribution in [0.5, 0.6) is 0 Å². The third-order valence-corrected chi connectivity index (χ3v) is 20.7. The van der Waals surface area contributed by atoms with Crippen LogP contribution in [0, 0.1) is 40.4 Å². The highest BCUT2D eigenvalue weighted by Gasteiger charge is 2.44. The van der Waals surface area contributed by atoms with Gasteiger partial charge in [0.2, 0.25) is 5.95 Å². The number of carbonyl (C=O) groups excluding carboxylic acids is 4. The molecular weight excluding hydrogens is 1170 g/mol. The van der Waals surface area contributed by atoms with Gasteiger partial charge in [-0.1, -0.05) is 300 Å². The Morgan fingerprint density at radius 1 is 0.457 bits per heavy atom. The Kier molecular flexibility index (Phi) is 44.3. The lowest BCUT2D eigenvalue weighted by molar-refractivity contribution is 0.0596. The SMILES string of the molecule is CCCCCCCCCCCCC(CCCCCCCCCC)COC(=O)NC1CC(C)(C)CC(C)(CNC(=O)Nc2nc(=O)c(CCOC(=O)NCC3(C)CC(NC(=O)OCC(CCCCCCCCCC)CCCCCCCCCCCC)CC(C)(C)C3)c(C)[nH]2)C1. The number of urea groups is 1. The van der Waals surface area contributed by atoms with Crippen molar-refractivity contribution in [1.29, 1.82) is 0 Å². The molecular formula is C79H147N7O8. The van der Waals surface area contributed by atoms with Crippen LogP contribution in [0.2, 0.25) is 0 Å². The van der Waals surface area contributed by atoms with Crippen LogP contribution in [0.4, 0.5) is 25.1 Å². The van der Waals surface area contributed by atoms with Crippen LogP contribution >= 0.6 is 0 Å². The van der Waals surface area contributed by atoms with Crippen molar-refractivity contribution < 1.29 is 33.4 Å². The lowest BCUT2D eigenvalue weighted by Crippen LogP contribution is -2.51. The van der Waals surface area contributed by atoms with Crippen LogP contribution in [-0.2, 0) is 20.6 Å². The molecule has 0 radical (unpaired) electrons. The van der Waals surface area contributed by atoms with Gasteiger partial charge in [-0.05, 0) is 105 Å². The van der Waals surface area contributed by atoms with Crippen LogP contribution in [0.15, 0.2) is 4.79 Å². The molecule has 94 heavy (non-hydrogen) atoms. The minimum absolute atomic E-state index is 0.0234. The van der Waals surface area contributed by atoms with Crippen molar-refractivity contribution in [3.63, 3.8) is 0 Å². The first-order valence-electron chi connectivity index (χ1n) is 39.5. The summed E-state index contributed by atoms with van der Waals surface area (Å²) in [5.41, 5.74) is -0.428. The molecule has 6 unspecified atom stereocenters. The van der Waals surface area contributed by atoms with Crippen LogP contribution in [0.3, 0.4) is 0 Å². The summed E-state index contributed by atoms with van der Waals surface area (Å²) in [6.07, 6.45) is 54.9. The predicted molar refractivity (Wildman–Crippen MR) is 392 cm³/mol. The molecule has 0 saturated heterocycles. The van der Waals surface area contributed by atoms with Gasteiger partial charge >= 0.3 is 24.3 Å². The highest BCUT2D eigenvalue weighted by Crippen LogP contribution is 2.47. The number of amides is 5. The highest BCUT2D eigenvalue weighted by atomic mass is 16.6. The Balaban J connectivity index is 1.44. The first-order valence-corrected chi connectivity index (χ1v) is 39.5. The Bertz CT molecular complexity index is 2220. The average molecular weight is 1320 g/mol. The maximum atomic E-state index is 13.5. The zero-order valence-electron chi connectivity index (χ0n) is 62.8. The molecule has 15 nitrogen and oxygen atoms in total. The van der Waals surface area contributed by atoms with Gasteiger partial charge in [0.05, 0.1) is 19.8 Å². The highest BCUT2D eigenvalue weighted by molar-refractivity contribution is 5.87. The van der Waals surface area contributed by atoms with Crippen LogP contribution in [-0.4, -0.2) is 79.3 Å². The van der Waals surface area contributed by atoms with Gasteiger partial charge in [0.1, 0.15) is 0 Å². The summed E-state index contributed by atoms with van der Waals surface area (Å²) >= 11 is 0. The number of rotatable bonds is 54. The maximum Gasteiger partial charge on any atom is 0.407 e. The minimum atomic E-state index is -0.574. The smallest absolute Gasteiger partial charge is 0.407 e. The Labute approximate surface area is 575 Å². The molecule has 6 atom stereocenters. The molecule has 0 spiro atoms. The molecule has 1 aromatic heterocycles. The van der Waals surface area contributed by atoms with Crippen molar-refractivity contribution in [3.05, 3.63) is 21.6 Å². The fraction of sp³-hybridized carbons (Fsp3) is 0.899. The van der Waals surface area contributed by atoms with E-state index in [1.165, 1.54) is 231 Å². The van der Waals surface area contributed by atoms with E-state index in [9.17, 15) is 24.0 Å². The van der Waals surface area contributed by atoms with Gasteiger partial charge in [-0.15, -0.1) is 0 Å². The quantitative estimate of drug-likeness (QED) is 0.0271. The van der Waals surface area contributed by atoms with Gasteiger partial charge in [-0.3, -0.25) is 10.1 Å². The monoisotopic (exact) mass is 1320 g/mol. The third kappa shape index (κ3) is 40.6. The molecule has 0 bridgehead atoms. The number of nitrogens with one attached hydrogen (secondary N) is 6. The van der Waals surface area contributed by atoms with E-state index in [2.05, 4.69) is 106 Å². The number of aryl methyl sites for hydroxylation is 1. The summed E-state index contributed by atoms with van der Waals surface area (Å²) in [5.74, 6) is 0.783. The standard InChI is InChI=1S/C79H147N7O8/c1-12-16-20-24-28-32-34-38-42-46-50-65(48-44-40-36-30-26-22-18-14-3)58-93-74(90)83-67-54-76(6,7)60-78(10,56-67)62-80-72(88)86-71-82-64(5)69(70(87)85-71)52-53-92-73(89)81-63-79(11)57-68(55-77(8,9)61-79)84-75(91)94-59-66(49-45-41-37-31-27-23-19-15-4)51-47-43-39-35-33-29-25-21-17-13-2/h65-68H,12-63H2,1-11H3,(H,81,89)(H,83,90)(H,84,91)(H3,80,82,85,86,87,88). The number of ether oxygens (including phenoxy) is 3. The zero-order valence-corrected chi connectivity index (χ0v) is 62.8. The lowest BCUT2D eigenvalue weighted by Gasteiger charge is -2.46. The topological polar surface area (TPSA) is 202 Å². The molecule has 5 amide bonds. The summed E-state index contributed by atoms with van der Waals surface area (Å²) in [6, 6.07) is -0.694. The van der Waals surface area contributed by atoms with Gasteiger partial charge in [0.25, 0.3) is 5.56 Å². The summed E-state index contributed by atoms with van der Waals surface area (Å²) < 4.78 is 17.7. The van der Waals surface area contributed by atoms with Crippen LogP contribution < -0.4 is 32.1 Å². The molecule has 2 saturated carbocycles. The molecule has 2 aliphatic rings. The van der Waals surface area contributed by atoms with Gasteiger partial charge in [-0.25, -0.2) is 19.2 Å². The van der Waals surface area contributed by atoms with E-state index in [-0.39, 0.29) is 64.9 Å². The van der Waals surface area contributed by atoms with Crippen LogP contribution in [0.25, 0.3) is 0 Å². The van der Waals surface area contributed by atoms with Crippen molar-refractivity contribution >= 4 is 30.3 Å². The summed E-state index contributed by atoms with van der Waals surface area (Å²) in [6.45, 7) is 25.6. The number of aromatic amines is 1. The van der Waals surface area contributed by atoms with Crippen molar-refractivity contribution in [2.24, 2.45) is 33.5 Å². The second kappa shape index (κ2) is 49.5. The molecule has 1 aromatic rings. The van der Waals surface area contributed by atoms with Gasteiger partial charge in [0.15, 0.2) is 0 Å². The number of unbranched alkanes of at least 4 members (excludes halogenated alkanes) is 32. The largest absolute Gasteiger partial charge is 0.449 e. The second-order valence-electron chi connectivity index (χ2n) is 32.2. The molecule has 546 valence electrons. The number of nitrogens with zero attached hydrogens (tertiary/aromatic N) is 1. The molecule has 2 fully saturated rings. The maximum absolute atomic E-state index is 13.5. The summed E-state index contributed by atoms with van der Waals surface area (Å²) in [4.78, 5) is 74.1. The minimum Gasteiger partial charge on any atom is -0.449 e. The number of H-pyrrole nitrogens is 1. The molecule has 0 aliphatic heterocycles. The van der Waals surface area contributed by atoms with Crippen molar-refractivity contribution in [2.45, 2.75) is 390 Å². The molecule has 0 aromatic carbocycles. The predicted octanol–water partition coefficient (Wildman–Crippen LogP) is 22.0. The number of anilines is 1. The van der Waals surface area contributed by atoms with E-state index >= 15 is 0 Å². The van der Waals surface area contributed by atoms with E-state index in [1.54, 1.807) is 6.92 Å². The van der Waals surface area contributed by atoms with E-state index < -0.39 is 17.7 Å². The lowest BCUT2D eigenvalue weighted by atomic mass is 9.62. The number of alkyl carbamates (subject to hydrolysis) is 3. The number of aromatic nitrogens is 2.